The van der Waals surface area contributed by atoms with Gasteiger partial charge in [-0.1, -0.05) is 115 Å². The number of aliphatic imine (C=N–C) groups is 1. The number of aliphatic hydroxyl groups is 3. The van der Waals surface area contributed by atoms with E-state index < -0.39 is 17.9 Å². The number of aromatic carboxylic acids is 1. The summed E-state index contributed by atoms with van der Waals surface area (Å²) in [5.74, 6) is 0.251. The second-order valence-corrected chi connectivity index (χ2v) is 18.7. The summed E-state index contributed by atoms with van der Waals surface area (Å²) in [6, 6.07) is 32.8. The average molecular weight is 1210 g/mol. The fourth-order valence-electron chi connectivity index (χ4n) is 5.62. The lowest BCUT2D eigenvalue weighted by atomic mass is 9.88. The number of aliphatic hydroxyl groups excluding tert-OH is 3. The molecule has 4 aliphatic rings. The van der Waals surface area contributed by atoms with Crippen LogP contribution in [0.4, 0.5) is 5.69 Å². The molecule has 0 aromatic heterocycles. The molecule has 83 heavy (non-hydrogen) atoms. The first-order valence-electron chi connectivity index (χ1n) is 26.9. The number of ether oxygens (including phenoxy) is 4. The number of carbonyl (C=O) groups excluding carboxylic acids is 2. The number of nitriles is 1. The van der Waals surface area contributed by atoms with Crippen LogP contribution in [0.25, 0.3) is 0 Å². The van der Waals surface area contributed by atoms with E-state index in [1.54, 1.807) is 43.7 Å². The number of aryl methyl sites for hydroxylation is 4. The second-order valence-electron chi connectivity index (χ2n) is 18.4. The molecule has 2 unspecified atom stereocenters. The van der Waals surface area contributed by atoms with E-state index in [2.05, 4.69) is 109 Å². The van der Waals surface area contributed by atoms with Crippen LogP contribution in [0.3, 0.4) is 0 Å². The summed E-state index contributed by atoms with van der Waals surface area (Å²) in [5, 5.41) is 48.5. The molecule has 2 aliphatic carbocycles. The monoisotopic (exact) mass is 1210 g/mol. The van der Waals surface area contributed by atoms with Crippen molar-refractivity contribution in [2.75, 3.05) is 60.6 Å². The van der Waals surface area contributed by atoms with Crippen LogP contribution in [0.2, 0.25) is 0 Å². The number of aliphatic carboxylic acids is 1. The van der Waals surface area contributed by atoms with Crippen LogP contribution in [-0.2, 0) is 45.7 Å². The van der Waals surface area contributed by atoms with Crippen LogP contribution < -0.4 is 17.2 Å². The van der Waals surface area contributed by atoms with Crippen molar-refractivity contribution in [1.29, 1.82) is 5.26 Å². The Morgan fingerprint density at radius 1 is 0.723 bits per heavy atom. The molecule has 0 spiro atoms. The lowest BCUT2D eigenvalue weighted by molar-refractivity contribution is -0.136. The molecule has 2 atom stereocenters. The van der Waals surface area contributed by atoms with Gasteiger partial charge in [-0.05, 0) is 147 Å². The van der Waals surface area contributed by atoms with E-state index in [4.69, 9.17) is 56.6 Å². The Morgan fingerprint density at radius 3 is 1.25 bits per heavy atom. The summed E-state index contributed by atoms with van der Waals surface area (Å²) in [4.78, 5) is 41.3. The Bertz CT molecular complexity index is 2130. The van der Waals surface area contributed by atoms with Gasteiger partial charge in [-0.2, -0.15) is 30.5 Å². The Balaban J connectivity index is -0.000000128. The number of nitrogens with two attached hydrogens (primary N) is 3. The molecule has 2 saturated carbocycles. The summed E-state index contributed by atoms with van der Waals surface area (Å²) in [7, 11) is 6.72. The molecular weight excluding hydrogens is 1100 g/mol. The first kappa shape index (κ1) is 88.3. The number of methoxy groups -OCH3 is 2. The van der Waals surface area contributed by atoms with Gasteiger partial charge in [0.05, 0.1) is 38.1 Å². The Kier molecular flexibility index (Phi) is 66.1. The molecule has 8 rings (SSSR count). The Hall–Kier alpha value is -5.92. The molecule has 474 valence electrons. The number of hydrogen-bond acceptors (Lipinski definition) is 18. The van der Waals surface area contributed by atoms with Crippen LogP contribution in [0, 0.1) is 50.9 Å². The first-order valence-corrected chi connectivity index (χ1v) is 28.4. The Morgan fingerprint density at radius 2 is 1.05 bits per heavy atom. The fourth-order valence-corrected chi connectivity index (χ4v) is 5.83. The molecule has 2 heterocycles. The number of carbonyl (C=O) groups is 3. The molecule has 0 amide bonds. The SMILES string of the molecule is C=C(C#N)C(=O)OC.CC(=O)O.CC1CCC(N)CC1.CC1CCC(O)CC1.CC1CO1.CN.CN=C=O.CO.COC1CO1.CS.Cc1ccc(C(=O)O)cc1.Cc1ccc(CO)cc1.Cc1ccc(CS)cc1.Cc1ccc(N)cc1.[HH].[HH]. The zero-order valence-corrected chi connectivity index (χ0v) is 53.7. The quantitative estimate of drug-likeness (QED) is 0.0130. The number of hydrogen-bond donors (Lipinski definition) is 10. The number of isocyanates is 1. The van der Waals surface area contributed by atoms with E-state index >= 15 is 0 Å². The summed E-state index contributed by atoms with van der Waals surface area (Å²) in [6.07, 6.45) is 13.4. The van der Waals surface area contributed by atoms with E-state index in [-0.39, 0.29) is 27.4 Å². The van der Waals surface area contributed by atoms with E-state index in [0.717, 1.165) is 74.5 Å². The van der Waals surface area contributed by atoms with Crippen LogP contribution in [0.5, 0.6) is 0 Å². The fraction of sp³-hybridized carbons (Fsp3) is 0.508. The molecule has 11 N–H and O–H groups in total. The van der Waals surface area contributed by atoms with Gasteiger partial charge in [0, 0.05) is 48.5 Å². The van der Waals surface area contributed by atoms with Crippen molar-refractivity contribution in [2.45, 2.75) is 144 Å². The van der Waals surface area contributed by atoms with Crippen molar-refractivity contribution in [3.05, 3.63) is 148 Å². The molecule has 2 aliphatic heterocycles. The average Bonchev–Trinajstić information content (AvgIpc) is 4.47. The lowest BCUT2D eigenvalue weighted by Gasteiger charge is -2.22. The van der Waals surface area contributed by atoms with Gasteiger partial charge in [0.15, 0.2) is 6.29 Å². The van der Waals surface area contributed by atoms with Crippen molar-refractivity contribution in [3.8, 4) is 6.07 Å². The molecule has 0 bridgehead atoms. The van der Waals surface area contributed by atoms with Crippen molar-refractivity contribution in [2.24, 2.45) is 28.3 Å². The molecule has 2 saturated heterocycles. The topological polar surface area (TPSA) is 327 Å². The highest BCUT2D eigenvalue weighted by molar-refractivity contribution is 7.79. The number of carboxylic acids is 2. The number of esters is 1. The summed E-state index contributed by atoms with van der Waals surface area (Å²) < 4.78 is 18.1. The summed E-state index contributed by atoms with van der Waals surface area (Å²) >= 11 is 7.67. The van der Waals surface area contributed by atoms with E-state index in [9.17, 15) is 9.59 Å². The summed E-state index contributed by atoms with van der Waals surface area (Å²) in [5.41, 5.74) is 23.7. The number of anilines is 1. The second kappa shape index (κ2) is 62.1. The van der Waals surface area contributed by atoms with Gasteiger partial charge in [-0.3, -0.25) is 4.79 Å². The Labute approximate surface area is 511 Å². The maximum Gasteiger partial charge on any atom is 0.347 e. The molecule has 4 aromatic rings. The number of epoxide rings is 2. The smallest absolute Gasteiger partial charge is 0.347 e. The highest BCUT2D eigenvalue weighted by Crippen LogP contribution is 2.23. The van der Waals surface area contributed by atoms with Gasteiger partial charge in [-0.15, -0.1) is 0 Å². The van der Waals surface area contributed by atoms with Crippen LogP contribution in [0.15, 0.2) is 114 Å². The summed E-state index contributed by atoms with van der Waals surface area (Å²) in [6.45, 7) is 20.8. The van der Waals surface area contributed by atoms with Gasteiger partial charge >= 0.3 is 11.9 Å². The van der Waals surface area contributed by atoms with Crippen LogP contribution >= 0.6 is 25.3 Å². The van der Waals surface area contributed by atoms with Crippen LogP contribution in [-0.4, -0.2) is 129 Å². The number of nitrogens with zero attached hydrogens (tertiary/aromatic N) is 2. The third-order valence-electron chi connectivity index (χ3n) is 10.8. The van der Waals surface area contributed by atoms with Crippen molar-refractivity contribution >= 4 is 54.9 Å². The zero-order valence-electron chi connectivity index (χ0n) is 51.9. The van der Waals surface area contributed by atoms with Gasteiger partial charge in [0.2, 0.25) is 6.08 Å². The first-order chi connectivity index (χ1) is 39.4. The predicted octanol–water partition coefficient (Wildman–Crippen LogP) is 11.2. The standard InChI is InChI=1S/C8H8O2.C8H10O.C8H10S.C7H15N.C7H9N.C7H14O.C5H5NO2.C3H6O2.C3H6O.C2H3NO.C2H4O2.CH5N.CH4O.CH4S.2H2/c1-6-2-4-7(5-3-6)8(9)10;2*1-7-2-4-8(6-9)5-3-7;3*1-6-2-4-7(8)5-3-6;1-4(3-6)5(7)8-2;1-4-3-2-5-3;1-3-2-4-3;1-3-2-4;1-2(3)4;3*1-2;;/h2-5H,1H3,(H,9,10);2*2-5,9H,6H2,1H3;6-7H,2-5,8H2,1H3;2-5H,8H2,1H3;6-8H,2-5H2,1H3;1H2,2H3;3H,2H2,1H3;3H,2H2,1H3;1H3;1H3,(H,3,4);2H2,1H3;2*2H,1H3;2*1H. The molecular formula is C63H107N5O13S2. The van der Waals surface area contributed by atoms with Gasteiger partial charge < -0.3 is 61.7 Å². The highest BCUT2D eigenvalue weighted by Gasteiger charge is 2.20. The third-order valence-corrected chi connectivity index (χ3v) is 11.1. The number of rotatable bonds is 5. The van der Waals surface area contributed by atoms with Crippen molar-refractivity contribution < 1.29 is 66.5 Å². The van der Waals surface area contributed by atoms with E-state index in [1.165, 1.54) is 88.1 Å². The van der Waals surface area contributed by atoms with E-state index in [1.807, 2.05) is 69.3 Å². The number of benzene rings is 4. The lowest BCUT2D eigenvalue weighted by Crippen LogP contribution is -2.25. The highest BCUT2D eigenvalue weighted by atomic mass is 32.1. The van der Waals surface area contributed by atoms with Crippen molar-refractivity contribution in [1.82, 2.24) is 0 Å². The molecule has 20 heteroatoms. The normalized spacial score (nSPS) is 17.1. The number of carboxylic acid groups (broad SMARTS) is 2. The third kappa shape index (κ3) is 66.8. The van der Waals surface area contributed by atoms with Gasteiger partial charge in [0.25, 0.3) is 5.97 Å². The maximum atomic E-state index is 10.3. The predicted molar refractivity (Wildman–Crippen MR) is 348 cm³/mol. The minimum atomic E-state index is -0.875. The van der Waals surface area contributed by atoms with Gasteiger partial charge in [-0.25, -0.2) is 19.4 Å². The van der Waals surface area contributed by atoms with E-state index in [0.29, 0.717) is 17.7 Å². The largest absolute Gasteiger partial charge is 0.481 e. The maximum absolute atomic E-state index is 10.3. The molecule has 4 fully saturated rings. The minimum absolute atomic E-state index is 0. The number of nitrogen functional groups attached to an aromatic ring is 1. The van der Waals surface area contributed by atoms with Gasteiger partial charge in [0.1, 0.15) is 18.2 Å². The molecule has 4 aromatic carbocycles. The van der Waals surface area contributed by atoms with Crippen LogP contribution in [0.1, 0.15) is 126 Å². The van der Waals surface area contributed by atoms with Crippen molar-refractivity contribution in [3.63, 3.8) is 0 Å². The molecule has 0 radical (unpaired) electrons. The zero-order chi connectivity index (χ0) is 65.1. The number of thiol groups is 2. The molecule has 18 nitrogen and oxygen atoms in total. The minimum Gasteiger partial charge on any atom is -0.481 e.